The maximum atomic E-state index is 12.2. The monoisotopic (exact) mass is 405 g/mol. The average Bonchev–Trinajstić information content (AvgIpc) is 3.06. The van der Waals surface area contributed by atoms with E-state index in [4.69, 9.17) is 9.47 Å². The van der Waals surface area contributed by atoms with Crippen LogP contribution in [0.4, 0.5) is 0 Å². The molecule has 6 heteroatoms. The second-order valence-corrected chi connectivity index (χ2v) is 7.13. The summed E-state index contributed by atoms with van der Waals surface area (Å²) in [4.78, 5) is 12.2. The summed E-state index contributed by atoms with van der Waals surface area (Å²) in [6.07, 6.45) is 3.30. The number of carbonyl (C=O) groups is 1. The first-order chi connectivity index (χ1) is 14.4. The number of ether oxygens (including phenoxy) is 2. The van der Waals surface area contributed by atoms with Gasteiger partial charge in [-0.1, -0.05) is 18.2 Å². The highest BCUT2D eigenvalue weighted by molar-refractivity contribution is 5.91. The predicted molar refractivity (Wildman–Crippen MR) is 117 cm³/mol. The third-order valence-electron chi connectivity index (χ3n) is 4.66. The molecule has 0 bridgehead atoms. The van der Waals surface area contributed by atoms with Gasteiger partial charge in [-0.05, 0) is 61.4 Å². The fourth-order valence-corrected chi connectivity index (χ4v) is 3.12. The van der Waals surface area contributed by atoms with E-state index in [9.17, 15) is 4.79 Å². The first-order valence-corrected chi connectivity index (χ1v) is 9.76. The minimum atomic E-state index is -0.165. The summed E-state index contributed by atoms with van der Waals surface area (Å²) < 4.78 is 13.1. The van der Waals surface area contributed by atoms with Crippen LogP contribution >= 0.6 is 0 Å². The van der Waals surface area contributed by atoms with Crippen LogP contribution in [-0.2, 0) is 25.0 Å². The fraction of sp³-hybridized carbons (Fsp3) is 0.250. The molecule has 0 aliphatic carbocycles. The summed E-state index contributed by atoms with van der Waals surface area (Å²) in [5, 5.41) is 7.15. The van der Waals surface area contributed by atoms with Crippen molar-refractivity contribution in [2.45, 2.75) is 27.0 Å². The normalized spacial score (nSPS) is 10.9. The maximum Gasteiger partial charge on any atom is 0.244 e. The first-order valence-electron chi connectivity index (χ1n) is 9.76. The molecule has 156 valence electrons. The van der Waals surface area contributed by atoms with Crippen LogP contribution in [0.25, 0.3) is 6.08 Å². The Hall–Kier alpha value is -3.54. The van der Waals surface area contributed by atoms with Crippen molar-refractivity contribution < 1.29 is 14.3 Å². The molecular weight excluding hydrogens is 378 g/mol. The number of aryl methyl sites for hydroxylation is 3. The van der Waals surface area contributed by atoms with E-state index in [-0.39, 0.29) is 5.91 Å². The zero-order chi connectivity index (χ0) is 21.5. The highest BCUT2D eigenvalue weighted by Gasteiger charge is 2.06. The highest BCUT2D eigenvalue weighted by Crippen LogP contribution is 2.23. The van der Waals surface area contributed by atoms with E-state index in [1.807, 2.05) is 69.4 Å². The number of aromatic nitrogens is 2. The Morgan fingerprint density at radius 3 is 2.70 bits per heavy atom. The zero-order valence-corrected chi connectivity index (χ0v) is 17.8. The Morgan fingerprint density at radius 2 is 2.00 bits per heavy atom. The number of nitrogens with one attached hydrogen (secondary N) is 1. The molecule has 0 radical (unpaired) electrons. The number of benzene rings is 2. The van der Waals surface area contributed by atoms with E-state index in [2.05, 4.69) is 10.4 Å². The molecule has 1 heterocycles. The molecule has 0 aliphatic rings. The van der Waals surface area contributed by atoms with Gasteiger partial charge in [-0.3, -0.25) is 9.48 Å². The summed E-state index contributed by atoms with van der Waals surface area (Å²) in [6, 6.07) is 15.6. The number of nitrogens with zero attached hydrogens (tertiary/aromatic N) is 2. The van der Waals surface area contributed by atoms with Crippen LogP contribution in [0.5, 0.6) is 11.5 Å². The van der Waals surface area contributed by atoms with Gasteiger partial charge < -0.3 is 14.8 Å². The van der Waals surface area contributed by atoms with Crippen LogP contribution < -0.4 is 14.8 Å². The molecule has 1 aromatic heterocycles. The van der Waals surface area contributed by atoms with Crippen molar-refractivity contribution in [3.05, 3.63) is 82.7 Å². The van der Waals surface area contributed by atoms with Crippen molar-refractivity contribution in [3.8, 4) is 11.5 Å². The quantitative estimate of drug-likeness (QED) is 0.576. The second kappa shape index (κ2) is 9.78. The summed E-state index contributed by atoms with van der Waals surface area (Å²) in [6.45, 7) is 4.76. The minimum Gasteiger partial charge on any atom is -0.496 e. The van der Waals surface area contributed by atoms with E-state index in [0.29, 0.717) is 13.2 Å². The van der Waals surface area contributed by atoms with Crippen LogP contribution in [0.3, 0.4) is 0 Å². The van der Waals surface area contributed by atoms with E-state index < -0.39 is 0 Å². The fourth-order valence-electron chi connectivity index (χ4n) is 3.12. The Kier molecular flexibility index (Phi) is 6.91. The summed E-state index contributed by atoms with van der Waals surface area (Å²) in [5.41, 5.74) is 4.82. The molecule has 0 unspecified atom stereocenters. The van der Waals surface area contributed by atoms with E-state index >= 15 is 0 Å². The van der Waals surface area contributed by atoms with Crippen LogP contribution in [-0.4, -0.2) is 22.8 Å². The number of rotatable bonds is 8. The number of hydrogen-bond donors (Lipinski definition) is 1. The van der Waals surface area contributed by atoms with Crippen LogP contribution in [0.2, 0.25) is 0 Å². The second-order valence-electron chi connectivity index (χ2n) is 7.13. The molecule has 3 rings (SSSR count). The minimum absolute atomic E-state index is 0.165. The van der Waals surface area contributed by atoms with Crippen molar-refractivity contribution in [2.75, 3.05) is 7.11 Å². The van der Waals surface area contributed by atoms with Gasteiger partial charge in [0.1, 0.15) is 18.1 Å². The summed E-state index contributed by atoms with van der Waals surface area (Å²) in [5.74, 6) is 1.39. The zero-order valence-electron chi connectivity index (χ0n) is 17.8. The summed E-state index contributed by atoms with van der Waals surface area (Å²) >= 11 is 0. The van der Waals surface area contributed by atoms with Crippen LogP contribution in [0, 0.1) is 13.8 Å². The van der Waals surface area contributed by atoms with Crippen molar-refractivity contribution in [1.29, 1.82) is 0 Å². The highest BCUT2D eigenvalue weighted by atomic mass is 16.5. The standard InChI is InChI=1S/C24H27N3O3/c1-17-6-5-7-22(12-17)30-16-20-14-19(8-10-23(20)29-4)9-11-24(28)25-15-21-13-18(2)26-27(21)3/h5-14H,15-16H2,1-4H3,(H,25,28)/b11-9+. The molecule has 1 amide bonds. The number of carbonyl (C=O) groups excluding carboxylic acids is 1. The third-order valence-corrected chi connectivity index (χ3v) is 4.66. The predicted octanol–water partition coefficient (Wildman–Crippen LogP) is 3.95. The van der Waals surface area contributed by atoms with E-state index in [1.54, 1.807) is 17.9 Å². The topological polar surface area (TPSA) is 65.4 Å². The molecule has 0 saturated carbocycles. The average molecular weight is 405 g/mol. The molecule has 0 aliphatic heterocycles. The van der Waals surface area contributed by atoms with Gasteiger partial charge in [0.25, 0.3) is 0 Å². The lowest BCUT2D eigenvalue weighted by molar-refractivity contribution is -0.116. The number of methoxy groups -OCH3 is 1. The van der Waals surface area contributed by atoms with E-state index in [1.165, 1.54) is 6.08 Å². The SMILES string of the molecule is COc1ccc(/C=C/C(=O)NCc2cc(C)nn2C)cc1COc1cccc(C)c1. The molecule has 3 aromatic rings. The number of hydrogen-bond acceptors (Lipinski definition) is 4. The maximum absolute atomic E-state index is 12.2. The Morgan fingerprint density at radius 1 is 1.17 bits per heavy atom. The molecule has 0 saturated heterocycles. The van der Waals surface area contributed by atoms with Gasteiger partial charge in [0, 0.05) is 18.7 Å². The van der Waals surface area contributed by atoms with Gasteiger partial charge >= 0.3 is 0 Å². The van der Waals surface area contributed by atoms with Gasteiger partial charge in [-0.25, -0.2) is 0 Å². The Balaban J connectivity index is 1.63. The lowest BCUT2D eigenvalue weighted by Gasteiger charge is -2.11. The third kappa shape index (κ3) is 5.73. The van der Waals surface area contributed by atoms with Gasteiger partial charge in [-0.15, -0.1) is 0 Å². The Bertz CT molecular complexity index is 1050. The smallest absolute Gasteiger partial charge is 0.244 e. The van der Waals surface area contributed by atoms with Crippen molar-refractivity contribution in [2.24, 2.45) is 7.05 Å². The van der Waals surface area contributed by atoms with Crippen molar-refractivity contribution >= 4 is 12.0 Å². The van der Waals surface area contributed by atoms with Gasteiger partial charge in [0.2, 0.25) is 5.91 Å². The summed E-state index contributed by atoms with van der Waals surface area (Å²) in [7, 11) is 3.50. The molecule has 0 fully saturated rings. The van der Waals surface area contributed by atoms with Gasteiger partial charge in [0.05, 0.1) is 25.0 Å². The van der Waals surface area contributed by atoms with Crippen LogP contribution in [0.15, 0.2) is 54.6 Å². The van der Waals surface area contributed by atoms with Gasteiger partial charge in [0.15, 0.2) is 0 Å². The molecule has 1 N–H and O–H groups in total. The van der Waals surface area contributed by atoms with Gasteiger partial charge in [-0.2, -0.15) is 5.10 Å². The lowest BCUT2D eigenvalue weighted by Crippen LogP contribution is -2.21. The molecule has 30 heavy (non-hydrogen) atoms. The van der Waals surface area contributed by atoms with Crippen molar-refractivity contribution in [1.82, 2.24) is 15.1 Å². The Labute approximate surface area is 177 Å². The lowest BCUT2D eigenvalue weighted by atomic mass is 10.1. The molecule has 2 aromatic carbocycles. The molecule has 0 spiro atoms. The molecule has 0 atom stereocenters. The van der Waals surface area contributed by atoms with E-state index in [0.717, 1.165) is 39.6 Å². The first kappa shape index (κ1) is 21.2. The molecular formula is C24H27N3O3. The largest absolute Gasteiger partial charge is 0.496 e. The van der Waals surface area contributed by atoms with Crippen LogP contribution in [0.1, 0.15) is 28.1 Å². The van der Waals surface area contributed by atoms with Crippen molar-refractivity contribution in [3.63, 3.8) is 0 Å². The molecule has 6 nitrogen and oxygen atoms in total. The number of amides is 1.